The second-order valence-corrected chi connectivity index (χ2v) is 3.95. The van der Waals surface area contributed by atoms with Crippen LogP contribution in [0, 0.1) is 6.92 Å². The third-order valence-electron chi connectivity index (χ3n) is 2.56. The van der Waals surface area contributed by atoms with Gasteiger partial charge in [-0.05, 0) is 24.5 Å². The quantitative estimate of drug-likeness (QED) is 0.624. The molecule has 0 aromatic heterocycles. The van der Waals surface area contributed by atoms with E-state index in [1.807, 2.05) is 38.1 Å². The van der Waals surface area contributed by atoms with Gasteiger partial charge in [-0.2, -0.15) is 0 Å². The van der Waals surface area contributed by atoms with Crippen molar-refractivity contribution in [1.82, 2.24) is 0 Å². The van der Waals surface area contributed by atoms with Crippen molar-refractivity contribution in [2.45, 2.75) is 34.1 Å². The third kappa shape index (κ3) is 7.99. The Hall–Kier alpha value is -1.82. The van der Waals surface area contributed by atoms with Gasteiger partial charge in [0.2, 0.25) is 0 Å². The topological polar surface area (TPSA) is 0 Å². The van der Waals surface area contributed by atoms with Crippen molar-refractivity contribution in [2.75, 3.05) is 0 Å². The summed E-state index contributed by atoms with van der Waals surface area (Å²) in [4.78, 5) is 0. The Morgan fingerprint density at radius 2 is 1.42 bits per heavy atom. The van der Waals surface area contributed by atoms with E-state index in [1.54, 1.807) is 0 Å². The predicted octanol–water partition coefficient (Wildman–Crippen LogP) is 5.91. The summed E-state index contributed by atoms with van der Waals surface area (Å²) in [5.74, 6) is 0. The molecule has 0 aliphatic rings. The van der Waals surface area contributed by atoms with Gasteiger partial charge >= 0.3 is 0 Å². The van der Waals surface area contributed by atoms with E-state index in [0.717, 1.165) is 6.42 Å². The molecule has 0 atom stereocenters. The summed E-state index contributed by atoms with van der Waals surface area (Å²) in [5.41, 5.74) is 3.89. The van der Waals surface area contributed by atoms with E-state index in [2.05, 4.69) is 56.8 Å². The summed E-state index contributed by atoms with van der Waals surface area (Å²) in [6, 6.07) is 18.7. The molecule has 0 aliphatic carbocycles. The molecule has 0 amide bonds. The minimum absolute atomic E-state index is 1.11. The fourth-order valence-corrected chi connectivity index (χ4v) is 1.42. The molecule has 0 heteroatoms. The molecular weight excluding hydrogens is 228 g/mol. The van der Waals surface area contributed by atoms with Crippen LogP contribution in [0.4, 0.5) is 0 Å². The largest absolute Gasteiger partial charge is 0.0985 e. The van der Waals surface area contributed by atoms with E-state index >= 15 is 0 Å². The number of benzene rings is 2. The van der Waals surface area contributed by atoms with Crippen molar-refractivity contribution >= 4 is 6.08 Å². The molecule has 0 unspecified atom stereocenters. The number of hydrogen-bond donors (Lipinski definition) is 0. The van der Waals surface area contributed by atoms with E-state index in [1.165, 1.54) is 16.7 Å². The minimum atomic E-state index is 1.11. The molecule has 2 rings (SSSR count). The maximum Gasteiger partial charge on any atom is -0.0262 e. The molecule has 102 valence electrons. The molecule has 19 heavy (non-hydrogen) atoms. The smallest absolute Gasteiger partial charge is 0.0262 e. The molecule has 0 saturated heterocycles. The number of rotatable bonds is 2. The lowest BCUT2D eigenvalue weighted by Gasteiger charge is -1.95. The highest BCUT2D eigenvalue weighted by Crippen LogP contribution is 2.05. The summed E-state index contributed by atoms with van der Waals surface area (Å²) in [7, 11) is 0. The molecule has 0 radical (unpaired) electrons. The van der Waals surface area contributed by atoms with Crippen molar-refractivity contribution in [1.29, 1.82) is 0 Å². The fraction of sp³-hybridized carbons (Fsp3) is 0.263. The van der Waals surface area contributed by atoms with Crippen molar-refractivity contribution in [2.24, 2.45) is 0 Å². The Labute approximate surface area is 118 Å². The summed E-state index contributed by atoms with van der Waals surface area (Å²) < 4.78 is 0. The van der Waals surface area contributed by atoms with Crippen molar-refractivity contribution in [3.05, 3.63) is 77.9 Å². The summed E-state index contributed by atoms with van der Waals surface area (Å²) >= 11 is 0. The van der Waals surface area contributed by atoms with Crippen LogP contribution in [0.1, 0.15) is 37.5 Å². The molecule has 0 fully saturated rings. The second-order valence-electron chi connectivity index (χ2n) is 3.95. The Balaban J connectivity index is 0.000000316. The predicted molar refractivity (Wildman–Crippen MR) is 88.4 cm³/mol. The van der Waals surface area contributed by atoms with E-state index in [9.17, 15) is 0 Å². The van der Waals surface area contributed by atoms with E-state index in [4.69, 9.17) is 0 Å². The molecule has 0 bridgehead atoms. The summed E-state index contributed by atoms with van der Waals surface area (Å²) in [6.45, 7) is 11.9. The van der Waals surface area contributed by atoms with Crippen LogP contribution in [0.5, 0.6) is 0 Å². The van der Waals surface area contributed by atoms with Crippen LogP contribution in [0.3, 0.4) is 0 Å². The van der Waals surface area contributed by atoms with Crippen LogP contribution in [-0.2, 0) is 6.42 Å². The van der Waals surface area contributed by atoms with Crippen LogP contribution < -0.4 is 0 Å². The molecule has 0 aliphatic heterocycles. The lowest BCUT2D eigenvalue weighted by Crippen LogP contribution is -1.78. The molecule has 2 aromatic rings. The first-order chi connectivity index (χ1) is 9.26. The van der Waals surface area contributed by atoms with Gasteiger partial charge in [-0.25, -0.2) is 0 Å². The third-order valence-corrected chi connectivity index (χ3v) is 2.56. The van der Waals surface area contributed by atoms with Gasteiger partial charge in [0, 0.05) is 0 Å². The zero-order chi connectivity index (χ0) is 14.5. The monoisotopic (exact) mass is 254 g/mol. The van der Waals surface area contributed by atoms with Gasteiger partial charge < -0.3 is 0 Å². The summed E-state index contributed by atoms with van der Waals surface area (Å²) in [6.07, 6.45) is 2.97. The van der Waals surface area contributed by atoms with Crippen molar-refractivity contribution < 1.29 is 0 Å². The van der Waals surface area contributed by atoms with Gasteiger partial charge in [-0.15, -0.1) is 0 Å². The molecule has 0 saturated carbocycles. The Morgan fingerprint density at radius 1 is 0.895 bits per heavy atom. The van der Waals surface area contributed by atoms with Crippen LogP contribution in [-0.4, -0.2) is 0 Å². The minimum Gasteiger partial charge on any atom is -0.0985 e. The Kier molecular flexibility index (Phi) is 10.2. The van der Waals surface area contributed by atoms with Crippen LogP contribution in [0.2, 0.25) is 0 Å². The van der Waals surface area contributed by atoms with Crippen LogP contribution in [0.25, 0.3) is 6.08 Å². The maximum absolute atomic E-state index is 3.69. The molecule has 0 spiro atoms. The zero-order valence-corrected chi connectivity index (χ0v) is 12.7. The molecule has 0 heterocycles. The highest BCUT2D eigenvalue weighted by Gasteiger charge is 1.86. The zero-order valence-electron chi connectivity index (χ0n) is 12.7. The number of aryl methyl sites for hydroxylation is 2. The van der Waals surface area contributed by atoms with Crippen molar-refractivity contribution in [3.63, 3.8) is 0 Å². The lowest BCUT2D eigenvalue weighted by molar-refractivity contribution is 1.14. The first kappa shape index (κ1) is 17.2. The van der Waals surface area contributed by atoms with Crippen LogP contribution >= 0.6 is 0 Å². The molecule has 2 aromatic carbocycles. The highest BCUT2D eigenvalue weighted by molar-refractivity contribution is 5.47. The average Bonchev–Trinajstić information content (AvgIpc) is 2.51. The lowest BCUT2D eigenvalue weighted by atomic mass is 10.1. The van der Waals surface area contributed by atoms with Gasteiger partial charge in [0.05, 0.1) is 0 Å². The first-order valence-corrected chi connectivity index (χ1v) is 6.99. The van der Waals surface area contributed by atoms with Crippen molar-refractivity contribution in [3.8, 4) is 0 Å². The SMILES string of the molecule is C=Cc1ccc(CC)cc1.CC.Cc1ccccc1. The van der Waals surface area contributed by atoms with Crippen LogP contribution in [0.15, 0.2) is 61.2 Å². The van der Waals surface area contributed by atoms with E-state index in [-0.39, 0.29) is 0 Å². The maximum atomic E-state index is 3.69. The molecule has 0 N–H and O–H groups in total. The second kappa shape index (κ2) is 11.3. The van der Waals surface area contributed by atoms with E-state index < -0.39 is 0 Å². The van der Waals surface area contributed by atoms with Gasteiger partial charge in [-0.3, -0.25) is 0 Å². The Bertz CT molecular complexity index is 423. The molecule has 0 nitrogen and oxygen atoms in total. The number of hydrogen-bond acceptors (Lipinski definition) is 0. The fourth-order valence-electron chi connectivity index (χ4n) is 1.42. The first-order valence-electron chi connectivity index (χ1n) is 6.99. The van der Waals surface area contributed by atoms with Gasteiger partial charge in [0.25, 0.3) is 0 Å². The standard InChI is InChI=1S/C10H12.C7H8.C2H6/c1-3-9-5-7-10(4-2)8-6-9;1-7-5-3-2-4-6-7;1-2/h3,5-8H,1,4H2,2H3;2-6H,1H3;1-2H3. The molecular formula is C19H26. The van der Waals surface area contributed by atoms with Gasteiger partial charge in [0.15, 0.2) is 0 Å². The normalized spacial score (nSPS) is 8.42. The highest BCUT2D eigenvalue weighted by atomic mass is 13.9. The average molecular weight is 254 g/mol. The Morgan fingerprint density at radius 3 is 1.74 bits per heavy atom. The van der Waals surface area contributed by atoms with Gasteiger partial charge in [-0.1, -0.05) is 93.6 Å². The van der Waals surface area contributed by atoms with Gasteiger partial charge in [0.1, 0.15) is 0 Å². The van der Waals surface area contributed by atoms with E-state index in [0.29, 0.717) is 0 Å². The summed E-state index contributed by atoms with van der Waals surface area (Å²) in [5, 5.41) is 0.